The van der Waals surface area contributed by atoms with E-state index >= 15 is 0 Å². The molecule has 0 saturated carbocycles. The van der Waals surface area contributed by atoms with Gasteiger partial charge in [-0.3, -0.25) is 9.69 Å². The molecular formula is C11H22N2O3. The van der Waals surface area contributed by atoms with Gasteiger partial charge in [-0.1, -0.05) is 0 Å². The van der Waals surface area contributed by atoms with E-state index in [1.165, 1.54) is 0 Å². The summed E-state index contributed by atoms with van der Waals surface area (Å²) in [7, 11) is 1.64. The number of aliphatic hydroxyl groups excluding tert-OH is 1. The maximum atomic E-state index is 11.1. The fourth-order valence-corrected chi connectivity index (χ4v) is 2.07. The molecule has 2 N–H and O–H groups in total. The van der Waals surface area contributed by atoms with Gasteiger partial charge in [0, 0.05) is 33.1 Å². The van der Waals surface area contributed by atoms with Crippen molar-refractivity contribution >= 4 is 5.91 Å². The molecule has 16 heavy (non-hydrogen) atoms. The van der Waals surface area contributed by atoms with Crippen molar-refractivity contribution in [3.8, 4) is 0 Å². The number of carbonyl (C=O) groups excluding carboxylic acids is 1. The molecule has 5 nitrogen and oxygen atoms in total. The summed E-state index contributed by atoms with van der Waals surface area (Å²) in [5, 5.41) is 11.7. The predicted octanol–water partition coefficient (Wildman–Crippen LogP) is -0.406. The Morgan fingerprint density at radius 2 is 2.31 bits per heavy atom. The molecule has 0 bridgehead atoms. The minimum Gasteiger partial charge on any atom is -0.394 e. The van der Waals surface area contributed by atoms with Gasteiger partial charge in [0.15, 0.2) is 0 Å². The first-order valence-electron chi connectivity index (χ1n) is 5.68. The molecule has 1 amide bonds. The molecule has 1 saturated heterocycles. The van der Waals surface area contributed by atoms with Crippen LogP contribution < -0.4 is 5.32 Å². The summed E-state index contributed by atoms with van der Waals surface area (Å²) in [4.78, 5) is 13.3. The molecule has 1 heterocycles. The van der Waals surface area contributed by atoms with Gasteiger partial charge in [0.1, 0.15) is 0 Å². The zero-order valence-corrected chi connectivity index (χ0v) is 10.3. The molecule has 1 fully saturated rings. The predicted molar refractivity (Wildman–Crippen MR) is 61.2 cm³/mol. The molecular weight excluding hydrogens is 208 g/mol. The lowest BCUT2D eigenvalue weighted by Crippen LogP contribution is -2.54. The Kier molecular flexibility index (Phi) is 4.70. The van der Waals surface area contributed by atoms with Crippen molar-refractivity contribution in [2.45, 2.75) is 32.0 Å². The summed E-state index contributed by atoms with van der Waals surface area (Å²) >= 11 is 0. The standard InChI is InChI=1S/C11H22N2O3/c1-11(2)8-13(5-4-10(15)12-3)6-9(7-14)16-11/h9,14H,4-8H2,1-3H3,(H,12,15). The van der Waals surface area contributed by atoms with Crippen molar-refractivity contribution in [2.24, 2.45) is 0 Å². The van der Waals surface area contributed by atoms with Crippen LogP contribution in [-0.2, 0) is 9.53 Å². The first-order valence-corrected chi connectivity index (χ1v) is 5.68. The third-order valence-electron chi connectivity index (χ3n) is 2.69. The largest absolute Gasteiger partial charge is 0.394 e. The third kappa shape index (κ3) is 4.08. The Hall–Kier alpha value is -0.650. The Labute approximate surface area is 96.8 Å². The minimum atomic E-state index is -0.256. The Bertz CT molecular complexity index is 243. The summed E-state index contributed by atoms with van der Waals surface area (Å²) in [5.74, 6) is 0.0462. The number of aliphatic hydroxyl groups is 1. The summed E-state index contributed by atoms with van der Waals surface area (Å²) in [6.07, 6.45) is 0.346. The highest BCUT2D eigenvalue weighted by Gasteiger charge is 2.32. The van der Waals surface area contributed by atoms with Gasteiger partial charge >= 0.3 is 0 Å². The molecule has 1 atom stereocenters. The number of hydrogen-bond acceptors (Lipinski definition) is 4. The van der Waals surface area contributed by atoms with Crippen LogP contribution in [0.1, 0.15) is 20.3 Å². The highest BCUT2D eigenvalue weighted by atomic mass is 16.5. The summed E-state index contributed by atoms with van der Waals surface area (Å²) < 4.78 is 5.69. The number of rotatable bonds is 4. The van der Waals surface area contributed by atoms with E-state index in [4.69, 9.17) is 9.84 Å². The van der Waals surface area contributed by atoms with Crippen LogP contribution in [0.15, 0.2) is 0 Å². The zero-order valence-electron chi connectivity index (χ0n) is 10.3. The molecule has 1 unspecified atom stereocenters. The molecule has 0 aromatic rings. The van der Waals surface area contributed by atoms with E-state index in [-0.39, 0.29) is 24.2 Å². The normalized spacial score (nSPS) is 25.4. The Balaban J connectivity index is 2.44. The second kappa shape index (κ2) is 5.61. The number of carbonyl (C=O) groups is 1. The molecule has 1 aliphatic rings. The van der Waals surface area contributed by atoms with Crippen molar-refractivity contribution < 1.29 is 14.6 Å². The number of morpholine rings is 1. The molecule has 5 heteroatoms. The lowest BCUT2D eigenvalue weighted by molar-refractivity contribution is -0.150. The molecule has 0 aliphatic carbocycles. The van der Waals surface area contributed by atoms with Crippen molar-refractivity contribution in [1.29, 1.82) is 0 Å². The number of hydrogen-bond donors (Lipinski definition) is 2. The van der Waals surface area contributed by atoms with Gasteiger partial charge in [-0.05, 0) is 13.8 Å². The minimum absolute atomic E-state index is 0.0277. The topological polar surface area (TPSA) is 61.8 Å². The van der Waals surface area contributed by atoms with Crippen LogP contribution in [0.2, 0.25) is 0 Å². The van der Waals surface area contributed by atoms with Crippen LogP contribution in [0.5, 0.6) is 0 Å². The zero-order chi connectivity index (χ0) is 12.2. The monoisotopic (exact) mass is 230 g/mol. The van der Waals surface area contributed by atoms with Crippen LogP contribution in [0.25, 0.3) is 0 Å². The second-order valence-electron chi connectivity index (χ2n) is 4.84. The Morgan fingerprint density at radius 3 is 2.88 bits per heavy atom. The maximum absolute atomic E-state index is 11.1. The van der Waals surface area contributed by atoms with Gasteiger partial charge in [0.25, 0.3) is 0 Å². The highest BCUT2D eigenvalue weighted by Crippen LogP contribution is 2.20. The number of amides is 1. The molecule has 0 spiro atoms. The van der Waals surface area contributed by atoms with Crippen molar-refractivity contribution in [3.63, 3.8) is 0 Å². The average Bonchev–Trinajstić information content (AvgIpc) is 2.23. The maximum Gasteiger partial charge on any atom is 0.221 e. The number of nitrogens with zero attached hydrogens (tertiary/aromatic N) is 1. The second-order valence-corrected chi connectivity index (χ2v) is 4.84. The summed E-state index contributed by atoms with van der Waals surface area (Å²) in [5.41, 5.74) is -0.256. The van der Waals surface area contributed by atoms with Gasteiger partial charge in [-0.15, -0.1) is 0 Å². The lowest BCUT2D eigenvalue weighted by Gasteiger charge is -2.42. The summed E-state index contributed by atoms with van der Waals surface area (Å²) in [6.45, 7) is 6.23. The van der Waals surface area contributed by atoms with E-state index < -0.39 is 0 Å². The molecule has 1 rings (SSSR count). The number of ether oxygens (including phenoxy) is 1. The van der Waals surface area contributed by atoms with Crippen LogP contribution in [0, 0.1) is 0 Å². The molecule has 0 radical (unpaired) electrons. The van der Waals surface area contributed by atoms with Crippen molar-refractivity contribution in [3.05, 3.63) is 0 Å². The van der Waals surface area contributed by atoms with E-state index in [0.29, 0.717) is 19.5 Å². The highest BCUT2D eigenvalue weighted by molar-refractivity contribution is 5.75. The van der Waals surface area contributed by atoms with E-state index in [2.05, 4.69) is 10.2 Å². The molecule has 0 aromatic carbocycles. The van der Waals surface area contributed by atoms with E-state index in [9.17, 15) is 4.79 Å². The first kappa shape index (κ1) is 13.4. The van der Waals surface area contributed by atoms with Crippen LogP contribution in [-0.4, -0.2) is 60.9 Å². The summed E-state index contributed by atoms with van der Waals surface area (Å²) in [6, 6.07) is 0. The molecule has 94 valence electrons. The van der Waals surface area contributed by atoms with Crippen molar-refractivity contribution in [1.82, 2.24) is 10.2 Å². The van der Waals surface area contributed by atoms with Gasteiger partial charge in [-0.25, -0.2) is 0 Å². The van der Waals surface area contributed by atoms with Gasteiger partial charge in [0.05, 0.1) is 18.3 Å². The van der Waals surface area contributed by atoms with E-state index in [0.717, 1.165) is 6.54 Å². The van der Waals surface area contributed by atoms with Crippen LogP contribution in [0.4, 0.5) is 0 Å². The quantitative estimate of drug-likeness (QED) is 0.689. The van der Waals surface area contributed by atoms with Crippen LogP contribution in [0.3, 0.4) is 0 Å². The Morgan fingerprint density at radius 1 is 1.62 bits per heavy atom. The lowest BCUT2D eigenvalue weighted by atomic mass is 10.1. The first-order chi connectivity index (χ1) is 7.46. The van der Waals surface area contributed by atoms with Crippen molar-refractivity contribution in [2.75, 3.05) is 33.3 Å². The van der Waals surface area contributed by atoms with E-state index in [1.807, 2.05) is 13.8 Å². The SMILES string of the molecule is CNC(=O)CCN1CC(CO)OC(C)(C)C1. The van der Waals surface area contributed by atoms with Gasteiger partial charge in [-0.2, -0.15) is 0 Å². The van der Waals surface area contributed by atoms with Gasteiger partial charge in [0.2, 0.25) is 5.91 Å². The van der Waals surface area contributed by atoms with Crippen LogP contribution >= 0.6 is 0 Å². The number of nitrogens with one attached hydrogen (secondary N) is 1. The fraction of sp³-hybridized carbons (Fsp3) is 0.909. The molecule has 0 aromatic heterocycles. The third-order valence-corrected chi connectivity index (χ3v) is 2.69. The average molecular weight is 230 g/mol. The van der Waals surface area contributed by atoms with E-state index in [1.54, 1.807) is 7.05 Å². The fourth-order valence-electron chi connectivity index (χ4n) is 2.07. The van der Waals surface area contributed by atoms with Gasteiger partial charge < -0.3 is 15.2 Å². The molecule has 1 aliphatic heterocycles. The smallest absolute Gasteiger partial charge is 0.221 e.